The number of fused-ring (bicyclic) bond motifs is 1. The lowest BCUT2D eigenvalue weighted by Crippen LogP contribution is -2.35. The first-order chi connectivity index (χ1) is 6.63. The quantitative estimate of drug-likeness (QED) is 0.557. The molecule has 1 heterocycles. The second kappa shape index (κ2) is 2.93. The van der Waals surface area contributed by atoms with Crippen LogP contribution in [0.4, 0.5) is 0 Å². The molecule has 0 radical (unpaired) electrons. The van der Waals surface area contributed by atoms with E-state index in [2.05, 4.69) is 15.9 Å². The summed E-state index contributed by atoms with van der Waals surface area (Å²) in [5, 5.41) is -0.243. The molecule has 3 aliphatic rings. The molecule has 5 atom stereocenters. The summed E-state index contributed by atoms with van der Waals surface area (Å²) in [5.41, 5.74) is 0.450. The van der Waals surface area contributed by atoms with Crippen molar-refractivity contribution < 1.29 is 17.3 Å². The Morgan fingerprint density at radius 2 is 2.21 bits per heavy atom. The van der Waals surface area contributed by atoms with Gasteiger partial charge in [-0.25, -0.2) is 0 Å². The molecule has 0 N–H and O–H groups in total. The highest BCUT2D eigenvalue weighted by molar-refractivity contribution is 9.09. The normalized spacial score (nSPS) is 52.8. The molecule has 0 amide bonds. The standard InChI is InChI=1S/C8H11BrO4S/c9-3-12-7-4-1-5-6(2-4)14(10,11)13-8(5)7/h4-8H,1-3H2. The predicted molar refractivity (Wildman–Crippen MR) is 52.5 cm³/mol. The van der Waals surface area contributed by atoms with Crippen LogP contribution in [0, 0.1) is 11.8 Å². The van der Waals surface area contributed by atoms with Gasteiger partial charge in [0.05, 0.1) is 11.4 Å². The van der Waals surface area contributed by atoms with Crippen molar-refractivity contribution in [1.82, 2.24) is 0 Å². The lowest BCUT2D eigenvalue weighted by Gasteiger charge is -2.23. The topological polar surface area (TPSA) is 52.6 Å². The molecule has 80 valence electrons. The Balaban J connectivity index is 1.93. The van der Waals surface area contributed by atoms with E-state index in [1.165, 1.54) is 0 Å². The summed E-state index contributed by atoms with van der Waals surface area (Å²) in [6, 6.07) is 0. The van der Waals surface area contributed by atoms with Crippen molar-refractivity contribution in [2.24, 2.45) is 11.8 Å². The number of rotatable bonds is 2. The largest absolute Gasteiger partial charge is 0.364 e. The van der Waals surface area contributed by atoms with Gasteiger partial charge in [0.25, 0.3) is 10.1 Å². The van der Waals surface area contributed by atoms with E-state index in [0.29, 0.717) is 11.4 Å². The Morgan fingerprint density at radius 3 is 2.93 bits per heavy atom. The van der Waals surface area contributed by atoms with Crippen molar-refractivity contribution in [3.63, 3.8) is 0 Å². The Labute approximate surface area is 91.2 Å². The molecule has 2 aliphatic carbocycles. The first-order valence-electron chi connectivity index (χ1n) is 4.73. The smallest absolute Gasteiger partial charge is 0.270 e. The highest BCUT2D eigenvalue weighted by Gasteiger charge is 2.64. The average Bonchev–Trinajstić information content (AvgIpc) is 2.68. The third-order valence-electron chi connectivity index (χ3n) is 3.67. The number of hydrogen-bond acceptors (Lipinski definition) is 4. The van der Waals surface area contributed by atoms with Crippen molar-refractivity contribution in [3.8, 4) is 0 Å². The molecule has 0 aromatic heterocycles. The van der Waals surface area contributed by atoms with Crippen LogP contribution >= 0.6 is 15.9 Å². The van der Waals surface area contributed by atoms with Crippen LogP contribution in [-0.2, 0) is 19.0 Å². The Hall–Kier alpha value is 0.350. The zero-order chi connectivity index (χ0) is 9.92. The van der Waals surface area contributed by atoms with E-state index in [1.54, 1.807) is 0 Å². The molecule has 0 spiro atoms. The summed E-state index contributed by atoms with van der Waals surface area (Å²) in [5.74, 6) is 0.568. The van der Waals surface area contributed by atoms with E-state index in [0.717, 1.165) is 12.8 Å². The summed E-state index contributed by atoms with van der Waals surface area (Å²) >= 11 is 3.20. The van der Waals surface area contributed by atoms with Gasteiger partial charge in [0.1, 0.15) is 11.6 Å². The van der Waals surface area contributed by atoms with Crippen molar-refractivity contribution in [2.45, 2.75) is 30.3 Å². The average molecular weight is 283 g/mol. The van der Waals surface area contributed by atoms with Crippen LogP contribution in [0.3, 0.4) is 0 Å². The summed E-state index contributed by atoms with van der Waals surface area (Å²) in [6.45, 7) is 0. The lowest BCUT2D eigenvalue weighted by atomic mass is 9.94. The molecule has 0 aromatic carbocycles. The Kier molecular flexibility index (Phi) is 2.00. The van der Waals surface area contributed by atoms with Crippen molar-refractivity contribution in [1.29, 1.82) is 0 Å². The third kappa shape index (κ3) is 1.08. The molecule has 2 saturated carbocycles. The van der Waals surface area contributed by atoms with Gasteiger partial charge in [0.2, 0.25) is 0 Å². The molecule has 1 aliphatic heterocycles. The van der Waals surface area contributed by atoms with E-state index < -0.39 is 10.1 Å². The molecule has 4 nitrogen and oxygen atoms in total. The molecular formula is C8H11BrO4S. The van der Waals surface area contributed by atoms with Crippen LogP contribution < -0.4 is 0 Å². The fourth-order valence-corrected chi connectivity index (χ4v) is 5.37. The molecule has 3 fully saturated rings. The minimum absolute atomic E-state index is 0.0205. The van der Waals surface area contributed by atoms with Gasteiger partial charge in [-0.2, -0.15) is 8.42 Å². The second-order valence-corrected chi connectivity index (χ2v) is 6.47. The zero-order valence-corrected chi connectivity index (χ0v) is 9.83. The number of halogens is 1. The summed E-state index contributed by atoms with van der Waals surface area (Å²) < 4.78 is 33.7. The fourth-order valence-electron chi connectivity index (χ4n) is 3.18. The summed E-state index contributed by atoms with van der Waals surface area (Å²) in [6.07, 6.45) is 1.45. The van der Waals surface area contributed by atoms with Crippen LogP contribution in [0.5, 0.6) is 0 Å². The van der Waals surface area contributed by atoms with Crippen LogP contribution in [0.15, 0.2) is 0 Å². The maximum Gasteiger partial charge on any atom is 0.270 e. The maximum absolute atomic E-state index is 11.5. The minimum Gasteiger partial charge on any atom is -0.364 e. The molecular weight excluding hydrogens is 272 g/mol. The molecule has 2 bridgehead atoms. The Bertz CT molecular complexity index is 354. The van der Waals surface area contributed by atoms with Crippen molar-refractivity contribution in [3.05, 3.63) is 0 Å². The van der Waals surface area contributed by atoms with Crippen LogP contribution in [0.25, 0.3) is 0 Å². The zero-order valence-electron chi connectivity index (χ0n) is 7.43. The fraction of sp³-hybridized carbons (Fsp3) is 1.00. The van der Waals surface area contributed by atoms with E-state index >= 15 is 0 Å². The minimum atomic E-state index is -3.28. The van der Waals surface area contributed by atoms with Crippen LogP contribution in [0.1, 0.15) is 12.8 Å². The number of alkyl halides is 1. The van der Waals surface area contributed by atoms with E-state index in [-0.39, 0.29) is 23.4 Å². The van der Waals surface area contributed by atoms with Gasteiger partial charge >= 0.3 is 0 Å². The van der Waals surface area contributed by atoms with E-state index in [4.69, 9.17) is 8.92 Å². The lowest BCUT2D eigenvalue weighted by molar-refractivity contribution is -0.0152. The first kappa shape index (κ1) is 9.57. The first-order valence-corrected chi connectivity index (χ1v) is 7.32. The summed E-state index contributed by atoms with van der Waals surface area (Å²) in [7, 11) is -3.28. The third-order valence-corrected chi connectivity index (χ3v) is 5.71. The predicted octanol–water partition coefficient (Wildman–Crippen LogP) is 0.861. The maximum atomic E-state index is 11.5. The van der Waals surface area contributed by atoms with Crippen LogP contribution in [0.2, 0.25) is 0 Å². The van der Waals surface area contributed by atoms with Crippen LogP contribution in [-0.4, -0.2) is 31.4 Å². The molecule has 6 heteroatoms. The molecule has 14 heavy (non-hydrogen) atoms. The summed E-state index contributed by atoms with van der Waals surface area (Å²) in [4.78, 5) is 0. The monoisotopic (exact) mass is 282 g/mol. The van der Waals surface area contributed by atoms with E-state index in [9.17, 15) is 8.42 Å². The second-order valence-electron chi connectivity index (χ2n) is 4.23. The van der Waals surface area contributed by atoms with Gasteiger partial charge in [-0.1, -0.05) is 15.9 Å². The highest BCUT2D eigenvalue weighted by atomic mass is 79.9. The SMILES string of the molecule is O=S1(=O)OC2C3CC(CC31)C2OCBr. The van der Waals surface area contributed by atoms with Gasteiger partial charge in [0.15, 0.2) is 0 Å². The van der Waals surface area contributed by atoms with Crippen molar-refractivity contribution in [2.75, 3.05) is 5.52 Å². The molecule has 0 aromatic rings. The van der Waals surface area contributed by atoms with Gasteiger partial charge in [-0.05, 0) is 18.8 Å². The highest BCUT2D eigenvalue weighted by Crippen LogP contribution is 2.55. The molecule has 3 rings (SSSR count). The molecule has 5 unspecified atom stereocenters. The van der Waals surface area contributed by atoms with Gasteiger partial charge in [-0.15, -0.1) is 0 Å². The van der Waals surface area contributed by atoms with Gasteiger partial charge < -0.3 is 4.74 Å². The molecule has 1 saturated heterocycles. The Morgan fingerprint density at radius 1 is 1.43 bits per heavy atom. The van der Waals surface area contributed by atoms with Gasteiger partial charge in [0, 0.05) is 5.92 Å². The van der Waals surface area contributed by atoms with Crippen molar-refractivity contribution >= 4 is 26.0 Å². The van der Waals surface area contributed by atoms with Gasteiger partial charge in [-0.3, -0.25) is 4.18 Å². The number of ether oxygens (including phenoxy) is 1. The number of hydrogen-bond donors (Lipinski definition) is 0. The van der Waals surface area contributed by atoms with E-state index in [1.807, 2.05) is 0 Å².